The van der Waals surface area contributed by atoms with E-state index in [1.54, 1.807) is 13.8 Å². The molecule has 0 radical (unpaired) electrons. The topological polar surface area (TPSA) is 423 Å². The molecule has 0 bridgehead atoms. The Labute approximate surface area is 404 Å². The second kappa shape index (κ2) is 29.0. The van der Waals surface area contributed by atoms with Gasteiger partial charge in [0, 0.05) is 38.3 Å². The van der Waals surface area contributed by atoms with E-state index in [1.165, 1.54) is 45.2 Å². The summed E-state index contributed by atoms with van der Waals surface area (Å²) < 4.78 is 0. The molecule has 1 aromatic rings. The fourth-order valence-corrected chi connectivity index (χ4v) is 6.80. The number of nitrogens with one attached hydrogen (secondary N) is 8. The minimum Gasteiger partial charge on any atom is -0.508 e. The largest absolute Gasteiger partial charge is 0.508 e. The number of rotatable bonds is 32. The highest BCUT2D eigenvalue weighted by molar-refractivity contribution is 5.99. The predicted octanol–water partition coefficient (Wildman–Crippen LogP) is -5.41. The minimum atomic E-state index is -1.79. The highest BCUT2D eigenvalue weighted by Gasteiger charge is 2.40. The van der Waals surface area contributed by atoms with E-state index < -0.39 is 152 Å². The highest BCUT2D eigenvalue weighted by Crippen LogP contribution is 2.27. The summed E-state index contributed by atoms with van der Waals surface area (Å²) in [6.45, 7) is 4.39. The quantitative estimate of drug-likeness (QED) is 0.0321. The van der Waals surface area contributed by atoms with Gasteiger partial charge >= 0.3 is 0 Å². The molecule has 70 heavy (non-hydrogen) atoms. The molecule has 26 nitrogen and oxygen atoms in total. The summed E-state index contributed by atoms with van der Waals surface area (Å²) in [6.07, 6.45) is -2.34. The van der Waals surface area contributed by atoms with Crippen molar-refractivity contribution in [1.29, 1.82) is 0 Å². The first-order valence-corrected chi connectivity index (χ1v) is 22.7. The van der Waals surface area contributed by atoms with Crippen LogP contribution in [0.2, 0.25) is 0 Å². The molecule has 1 fully saturated rings. The highest BCUT2D eigenvalue weighted by atomic mass is 16.3. The van der Waals surface area contributed by atoms with Gasteiger partial charge in [-0.2, -0.15) is 0 Å². The van der Waals surface area contributed by atoms with Gasteiger partial charge in [-0.05, 0) is 63.8 Å². The second-order valence-electron chi connectivity index (χ2n) is 17.1. The molecule has 1 saturated carbocycles. The number of phenolic OH excluding ortho intramolecular Hbond substituents is 1. The van der Waals surface area contributed by atoms with Crippen molar-refractivity contribution in [2.75, 3.05) is 26.7 Å². The number of amides is 11. The summed E-state index contributed by atoms with van der Waals surface area (Å²) >= 11 is 0. The molecule has 1 aliphatic carbocycles. The van der Waals surface area contributed by atoms with E-state index in [9.17, 15) is 67.7 Å². The number of Topliss-reactive ketones (excluding diaryl/α,β-unsaturated/α-hetero) is 1. The number of aromatic hydroxyl groups is 1. The number of aliphatic hydroxyl groups excluding tert-OH is 1. The molecule has 0 aliphatic heterocycles. The predicted molar refractivity (Wildman–Crippen MR) is 248 cm³/mol. The maximum absolute atomic E-state index is 14.1. The molecule has 0 spiro atoms. The molecule has 8 atom stereocenters. The number of nitrogens with zero attached hydrogens (tertiary/aromatic N) is 1. The lowest BCUT2D eigenvalue weighted by Gasteiger charge is -2.30. The van der Waals surface area contributed by atoms with Gasteiger partial charge in [0.05, 0.1) is 25.6 Å². The lowest BCUT2D eigenvalue weighted by molar-refractivity contribution is -0.141. The molecular formula is C44H68N12O14. The third-order valence-electron chi connectivity index (χ3n) is 11.0. The number of carbonyl (C=O) groups is 12. The van der Waals surface area contributed by atoms with E-state index in [0.717, 1.165) is 4.90 Å². The number of benzene rings is 1. The summed E-state index contributed by atoms with van der Waals surface area (Å²) in [6, 6.07) is -3.73. The van der Waals surface area contributed by atoms with Crippen molar-refractivity contribution < 1.29 is 67.7 Å². The Balaban J connectivity index is 2.36. The number of ketones is 1. The number of aliphatic hydroxyl groups is 1. The molecule has 1 aliphatic rings. The van der Waals surface area contributed by atoms with Crippen molar-refractivity contribution in [2.24, 2.45) is 23.1 Å². The van der Waals surface area contributed by atoms with Gasteiger partial charge in [0.1, 0.15) is 47.8 Å². The SMILES string of the molecule is CC[C@H](C)[C@H](NC(=O)[C@H](Cc1ccc(O)cc1)NC(=O)CCC(C)=O)C(=O)N[C@@H](CCC(N)=O)C(=O)N[C@@H](CC(N)=O)C(=O)N[C@@H](CNC)C(=O)N(CC(=O)N[C@H](C(=O)NCC(N)=O)[C@@H](C)O)C1CC1. The van der Waals surface area contributed by atoms with E-state index in [4.69, 9.17) is 17.2 Å². The van der Waals surface area contributed by atoms with Crippen LogP contribution in [0.25, 0.3) is 0 Å². The average Bonchev–Trinajstić information content (AvgIpc) is 4.13. The van der Waals surface area contributed by atoms with Crippen LogP contribution in [0.4, 0.5) is 0 Å². The zero-order valence-corrected chi connectivity index (χ0v) is 40.0. The van der Waals surface area contributed by atoms with Crippen LogP contribution in [0.1, 0.15) is 84.6 Å². The number of carbonyl (C=O) groups excluding carboxylic acids is 12. The summed E-state index contributed by atoms with van der Waals surface area (Å²) in [7, 11) is 1.45. The molecule has 26 heteroatoms. The number of primary amides is 3. The maximum atomic E-state index is 14.1. The molecule has 11 amide bonds. The molecule has 0 aromatic heterocycles. The van der Waals surface area contributed by atoms with Crippen molar-refractivity contribution in [3.63, 3.8) is 0 Å². The molecule has 0 heterocycles. The molecule has 0 saturated heterocycles. The van der Waals surface area contributed by atoms with Crippen LogP contribution in [-0.4, -0.2) is 161 Å². The summed E-state index contributed by atoms with van der Waals surface area (Å²) in [5.74, 6) is -10.9. The van der Waals surface area contributed by atoms with E-state index >= 15 is 0 Å². The van der Waals surface area contributed by atoms with Gasteiger partial charge < -0.3 is 79.6 Å². The normalized spacial score (nSPS) is 15.3. The van der Waals surface area contributed by atoms with Gasteiger partial charge in [-0.15, -0.1) is 0 Å². The standard InChI is InChI=1S/C44H68N12O14/c1-6-22(2)37(55-41(67)29(50-35(63)16-7-23(3)57)17-25-8-12-27(59)13-9-25)43(69)51-28(14-15-32(45)60)39(65)52-30(18-33(46)61)40(66)53-31(19-48-5)44(70)56(26-10-11-26)21-36(64)54-38(24(4)58)42(68)49-20-34(47)62/h8-9,12-13,22,24,26,28-31,37-38,48,58-59H,6-7,10-11,14-21H2,1-5H3,(H2,45,60)(H2,46,61)(H2,47,62)(H,49,68)(H,50,63)(H,51,69)(H,52,65)(H,53,66)(H,54,64)(H,55,67)/t22-,24+,28-,29-,30-,31-,37-,38-/m0/s1. The molecule has 2 rings (SSSR count). The van der Waals surface area contributed by atoms with Crippen molar-refractivity contribution in [2.45, 2.75) is 134 Å². The van der Waals surface area contributed by atoms with E-state index in [-0.39, 0.29) is 37.3 Å². The van der Waals surface area contributed by atoms with Crippen molar-refractivity contribution in [1.82, 2.24) is 47.4 Å². The van der Waals surface area contributed by atoms with E-state index in [1.807, 2.05) is 0 Å². The van der Waals surface area contributed by atoms with Crippen LogP contribution >= 0.6 is 0 Å². The number of phenols is 1. The lowest BCUT2D eigenvalue weighted by atomic mass is 9.96. The Morgan fingerprint density at radius 2 is 1.26 bits per heavy atom. The van der Waals surface area contributed by atoms with Crippen LogP contribution < -0.4 is 59.7 Å². The number of likely N-dealkylation sites (N-methyl/N-ethyl adjacent to an activating group) is 1. The molecule has 0 unspecified atom stereocenters. The van der Waals surface area contributed by atoms with Gasteiger partial charge in [0.2, 0.25) is 65.0 Å². The first-order valence-electron chi connectivity index (χ1n) is 22.7. The van der Waals surface area contributed by atoms with E-state index in [2.05, 4.69) is 42.5 Å². The monoisotopic (exact) mass is 988 g/mol. The van der Waals surface area contributed by atoms with Crippen molar-refractivity contribution in [3.8, 4) is 5.75 Å². The number of hydrogen-bond acceptors (Lipinski definition) is 15. The maximum Gasteiger partial charge on any atom is 0.247 e. The Morgan fingerprint density at radius 1 is 0.671 bits per heavy atom. The third kappa shape index (κ3) is 21.0. The molecule has 1 aromatic carbocycles. The second-order valence-corrected chi connectivity index (χ2v) is 17.1. The molecular weight excluding hydrogens is 921 g/mol. The Kier molecular flexibility index (Phi) is 24.4. The first-order chi connectivity index (χ1) is 32.9. The fraction of sp³-hybridized carbons (Fsp3) is 0.591. The van der Waals surface area contributed by atoms with E-state index in [0.29, 0.717) is 24.8 Å². The van der Waals surface area contributed by atoms with Crippen LogP contribution in [0.15, 0.2) is 24.3 Å². The van der Waals surface area contributed by atoms with Crippen molar-refractivity contribution in [3.05, 3.63) is 29.8 Å². The summed E-state index contributed by atoms with van der Waals surface area (Å²) in [5, 5.41) is 39.6. The van der Waals surface area contributed by atoms with Gasteiger partial charge in [-0.25, -0.2) is 0 Å². The molecule has 16 N–H and O–H groups in total. The summed E-state index contributed by atoms with van der Waals surface area (Å²) in [5.41, 5.74) is 16.4. The third-order valence-corrected chi connectivity index (χ3v) is 11.0. The van der Waals surface area contributed by atoms with Gasteiger partial charge in [0.25, 0.3) is 0 Å². The van der Waals surface area contributed by atoms with Crippen LogP contribution in [0.5, 0.6) is 5.75 Å². The number of nitrogens with two attached hydrogens (primary N) is 3. The zero-order valence-electron chi connectivity index (χ0n) is 40.0. The Hall–Kier alpha value is -7.22. The average molecular weight is 989 g/mol. The Morgan fingerprint density at radius 3 is 1.79 bits per heavy atom. The number of hydrogen-bond donors (Lipinski definition) is 13. The van der Waals surface area contributed by atoms with Crippen LogP contribution in [-0.2, 0) is 64.0 Å². The lowest BCUT2D eigenvalue weighted by Crippen LogP contribution is -2.61. The zero-order chi connectivity index (χ0) is 52.8. The Bertz CT molecular complexity index is 2070. The van der Waals surface area contributed by atoms with Crippen LogP contribution in [0, 0.1) is 5.92 Å². The van der Waals surface area contributed by atoms with Gasteiger partial charge in [0.15, 0.2) is 0 Å². The van der Waals surface area contributed by atoms with Crippen molar-refractivity contribution >= 4 is 70.8 Å². The smallest absolute Gasteiger partial charge is 0.247 e. The minimum absolute atomic E-state index is 0.0528. The van der Waals surface area contributed by atoms with Crippen LogP contribution in [0.3, 0.4) is 0 Å². The van der Waals surface area contributed by atoms with Gasteiger partial charge in [-0.3, -0.25) is 52.7 Å². The molecule has 388 valence electrons. The summed E-state index contributed by atoms with van der Waals surface area (Å²) in [4.78, 5) is 156. The first kappa shape index (κ1) is 58.9. The van der Waals surface area contributed by atoms with Gasteiger partial charge in [-0.1, -0.05) is 32.4 Å². The fourth-order valence-electron chi connectivity index (χ4n) is 6.80.